The third-order valence-corrected chi connectivity index (χ3v) is 1.87. The lowest BCUT2D eigenvalue weighted by Gasteiger charge is -1.94. The van der Waals surface area contributed by atoms with Gasteiger partial charge in [0.05, 0.1) is 0 Å². The lowest BCUT2D eigenvalue weighted by atomic mass is 10.2. The minimum Gasteiger partial charge on any atom is -0.321 e. The van der Waals surface area contributed by atoms with E-state index in [9.17, 15) is 4.57 Å². The van der Waals surface area contributed by atoms with Gasteiger partial charge in [-0.1, -0.05) is 25.8 Å². The maximum Gasteiger partial charge on any atom is 0.348 e. The number of unbranched alkanes of at least 4 members (excludes halogenated alkanes) is 3. The minimum atomic E-state index is -3.89. The van der Waals surface area contributed by atoms with Crippen molar-refractivity contribution in [1.29, 1.82) is 0 Å². The van der Waals surface area contributed by atoms with Gasteiger partial charge in [-0.25, -0.2) is 0 Å². The fourth-order valence-corrected chi connectivity index (χ4v) is 1.15. The van der Waals surface area contributed by atoms with Gasteiger partial charge < -0.3 is 9.79 Å². The molecule has 0 aromatic carbocycles. The van der Waals surface area contributed by atoms with E-state index in [1.807, 2.05) is 0 Å². The molecule has 0 aliphatic carbocycles. The lowest BCUT2D eigenvalue weighted by molar-refractivity contribution is 0.386. The van der Waals surface area contributed by atoms with Crippen LogP contribution in [0.15, 0.2) is 11.9 Å². The Kier molecular flexibility index (Phi) is 5.47. The van der Waals surface area contributed by atoms with Crippen LogP contribution < -0.4 is 0 Å². The zero-order valence-corrected chi connectivity index (χ0v) is 7.63. The number of hydrogen-bond acceptors (Lipinski definition) is 1. The van der Waals surface area contributed by atoms with Crippen LogP contribution in [0.3, 0.4) is 0 Å². The van der Waals surface area contributed by atoms with Crippen molar-refractivity contribution in [3.05, 3.63) is 11.9 Å². The van der Waals surface area contributed by atoms with E-state index in [2.05, 4.69) is 6.92 Å². The summed E-state index contributed by atoms with van der Waals surface area (Å²) >= 11 is 0. The molecule has 2 N–H and O–H groups in total. The van der Waals surface area contributed by atoms with Crippen molar-refractivity contribution in [1.82, 2.24) is 0 Å². The quantitative estimate of drug-likeness (QED) is 0.501. The predicted molar refractivity (Wildman–Crippen MR) is 45.3 cm³/mol. The highest BCUT2D eigenvalue weighted by Gasteiger charge is 2.03. The van der Waals surface area contributed by atoms with E-state index in [-0.39, 0.29) is 0 Å². The average Bonchev–Trinajstić information content (AvgIpc) is 1.85. The second-order valence-electron chi connectivity index (χ2n) is 2.47. The Balaban J connectivity index is 3.38. The molecule has 0 aliphatic heterocycles. The van der Waals surface area contributed by atoms with Crippen molar-refractivity contribution >= 4 is 7.60 Å². The topological polar surface area (TPSA) is 57.5 Å². The highest BCUT2D eigenvalue weighted by molar-refractivity contribution is 7.55. The largest absolute Gasteiger partial charge is 0.348 e. The molecule has 0 heterocycles. The van der Waals surface area contributed by atoms with E-state index in [1.165, 1.54) is 0 Å². The van der Waals surface area contributed by atoms with Crippen molar-refractivity contribution in [3.63, 3.8) is 0 Å². The first kappa shape index (κ1) is 10.9. The highest BCUT2D eigenvalue weighted by atomic mass is 31.2. The summed E-state index contributed by atoms with van der Waals surface area (Å²) in [7, 11) is -3.89. The fourth-order valence-electron chi connectivity index (χ4n) is 0.724. The van der Waals surface area contributed by atoms with E-state index < -0.39 is 7.60 Å². The Hall–Kier alpha value is -0.110. The molecular weight excluding hydrogens is 163 g/mol. The molecule has 0 saturated carbocycles. The third kappa shape index (κ3) is 9.89. The van der Waals surface area contributed by atoms with Crippen LogP contribution in [-0.2, 0) is 4.57 Å². The van der Waals surface area contributed by atoms with Crippen molar-refractivity contribution < 1.29 is 14.4 Å². The van der Waals surface area contributed by atoms with Gasteiger partial charge in [-0.05, 0) is 12.8 Å². The zero-order valence-electron chi connectivity index (χ0n) is 6.73. The zero-order chi connectivity index (χ0) is 8.74. The summed E-state index contributed by atoms with van der Waals surface area (Å²) in [6.45, 7) is 2.09. The van der Waals surface area contributed by atoms with Gasteiger partial charge in [-0.15, -0.1) is 0 Å². The smallest absolute Gasteiger partial charge is 0.321 e. The first-order valence-corrected chi connectivity index (χ1v) is 5.47. The summed E-state index contributed by atoms with van der Waals surface area (Å²) in [5, 5.41) is 0. The highest BCUT2D eigenvalue weighted by Crippen LogP contribution is 2.36. The molecule has 0 spiro atoms. The molecule has 0 unspecified atom stereocenters. The van der Waals surface area contributed by atoms with Crippen LogP contribution in [0.25, 0.3) is 0 Å². The summed E-state index contributed by atoms with van der Waals surface area (Å²) in [5.74, 6) is 0.975. The van der Waals surface area contributed by atoms with Crippen LogP contribution in [0.5, 0.6) is 0 Å². The van der Waals surface area contributed by atoms with Crippen LogP contribution >= 0.6 is 7.60 Å². The molecule has 0 amide bonds. The molecule has 0 fully saturated rings. The maximum absolute atomic E-state index is 10.3. The van der Waals surface area contributed by atoms with Crippen molar-refractivity contribution in [2.24, 2.45) is 0 Å². The molecule has 0 saturated heterocycles. The summed E-state index contributed by atoms with van der Waals surface area (Å²) in [5.41, 5.74) is 0. The first-order chi connectivity index (χ1) is 5.06. The number of allylic oxidation sites excluding steroid dienone is 1. The third-order valence-electron chi connectivity index (χ3n) is 1.27. The Morgan fingerprint density at radius 3 is 2.45 bits per heavy atom. The molecule has 0 rings (SSSR count). The molecule has 0 bridgehead atoms. The Bertz CT molecular complexity index is 159. The molecule has 0 aromatic rings. The second kappa shape index (κ2) is 5.53. The minimum absolute atomic E-state index is 0.763. The normalized spacial score (nSPS) is 12.6. The van der Waals surface area contributed by atoms with Crippen molar-refractivity contribution in [3.8, 4) is 0 Å². The van der Waals surface area contributed by atoms with Crippen LogP contribution in [-0.4, -0.2) is 9.79 Å². The maximum atomic E-state index is 10.3. The molecule has 11 heavy (non-hydrogen) atoms. The molecule has 0 aromatic heterocycles. The van der Waals surface area contributed by atoms with E-state index in [0.717, 1.165) is 31.5 Å². The standard InChI is InChI=1S/C7H15O3P/c1-2-3-4-5-6-7-11(8,9)10/h6-7H,2-5H2,1H3,(H2,8,9,10)/b7-6+. The first-order valence-electron chi connectivity index (χ1n) is 3.79. The van der Waals surface area contributed by atoms with Crippen molar-refractivity contribution in [2.75, 3.05) is 0 Å². The van der Waals surface area contributed by atoms with E-state index in [4.69, 9.17) is 9.79 Å². The van der Waals surface area contributed by atoms with E-state index in [1.54, 1.807) is 6.08 Å². The second-order valence-corrected chi connectivity index (χ2v) is 3.95. The number of hydrogen-bond donors (Lipinski definition) is 2. The van der Waals surface area contributed by atoms with E-state index in [0.29, 0.717) is 0 Å². The predicted octanol–water partition coefficient (Wildman–Crippen LogP) is 2.26. The van der Waals surface area contributed by atoms with Gasteiger partial charge in [-0.3, -0.25) is 4.57 Å². The van der Waals surface area contributed by atoms with Gasteiger partial charge in [0.1, 0.15) is 0 Å². The Morgan fingerprint density at radius 2 is 2.00 bits per heavy atom. The van der Waals surface area contributed by atoms with Gasteiger partial charge in [0.25, 0.3) is 0 Å². The van der Waals surface area contributed by atoms with Crippen LogP contribution in [0.4, 0.5) is 0 Å². The fraction of sp³-hybridized carbons (Fsp3) is 0.714. The molecule has 3 nitrogen and oxygen atoms in total. The van der Waals surface area contributed by atoms with Crippen LogP contribution in [0.2, 0.25) is 0 Å². The SMILES string of the molecule is CCCCC/C=C/P(=O)(O)O. The summed E-state index contributed by atoms with van der Waals surface area (Å²) in [6.07, 6.45) is 5.57. The van der Waals surface area contributed by atoms with Gasteiger partial charge >= 0.3 is 7.60 Å². The molecule has 0 atom stereocenters. The molecule has 66 valence electrons. The van der Waals surface area contributed by atoms with Gasteiger partial charge in [0, 0.05) is 5.82 Å². The Morgan fingerprint density at radius 1 is 1.36 bits per heavy atom. The number of rotatable bonds is 5. The lowest BCUT2D eigenvalue weighted by Crippen LogP contribution is -1.72. The van der Waals surface area contributed by atoms with Crippen molar-refractivity contribution in [2.45, 2.75) is 32.6 Å². The summed E-state index contributed by atoms with van der Waals surface area (Å²) in [6, 6.07) is 0. The van der Waals surface area contributed by atoms with E-state index >= 15 is 0 Å². The Labute approximate surface area is 67.3 Å². The molecule has 0 radical (unpaired) electrons. The van der Waals surface area contributed by atoms with Crippen LogP contribution in [0.1, 0.15) is 32.6 Å². The molecule has 4 heteroatoms. The monoisotopic (exact) mass is 178 g/mol. The summed E-state index contributed by atoms with van der Waals surface area (Å²) in [4.78, 5) is 16.8. The average molecular weight is 178 g/mol. The van der Waals surface area contributed by atoms with Crippen LogP contribution in [0, 0.1) is 0 Å². The molecule has 0 aliphatic rings. The van der Waals surface area contributed by atoms with Gasteiger partial charge in [-0.2, -0.15) is 0 Å². The molecular formula is C7H15O3P. The van der Waals surface area contributed by atoms with Gasteiger partial charge in [0.15, 0.2) is 0 Å². The summed E-state index contributed by atoms with van der Waals surface area (Å²) < 4.78 is 10.3. The van der Waals surface area contributed by atoms with Gasteiger partial charge in [0.2, 0.25) is 0 Å².